The topological polar surface area (TPSA) is 98.2 Å². The van der Waals surface area contributed by atoms with Crippen LogP contribution in [0.2, 0.25) is 0 Å². The molecule has 1 aliphatic carbocycles. The molecular formula is C18H16N6OS. The minimum Gasteiger partial charge on any atom is -0.397 e. The molecule has 7 nitrogen and oxygen atoms in total. The maximum atomic E-state index is 12.8. The molecule has 1 amide bonds. The van der Waals surface area contributed by atoms with Gasteiger partial charge in [-0.25, -0.2) is 0 Å². The second-order valence-electron chi connectivity index (χ2n) is 6.60. The normalized spacial score (nSPS) is 14.2. The maximum Gasteiger partial charge on any atom is 0.263 e. The van der Waals surface area contributed by atoms with E-state index in [0.29, 0.717) is 21.0 Å². The van der Waals surface area contributed by atoms with E-state index in [1.54, 1.807) is 10.8 Å². The zero-order valence-corrected chi connectivity index (χ0v) is 14.9. The summed E-state index contributed by atoms with van der Waals surface area (Å²) in [6.45, 7) is 1.92. The number of fused-ring (bicyclic) bond motifs is 3. The van der Waals surface area contributed by atoms with Gasteiger partial charge in [-0.1, -0.05) is 24.3 Å². The summed E-state index contributed by atoms with van der Waals surface area (Å²) in [7, 11) is 0. The van der Waals surface area contributed by atoms with Gasteiger partial charge in [0.1, 0.15) is 16.0 Å². The first-order valence-corrected chi connectivity index (χ1v) is 9.19. The molecule has 0 saturated heterocycles. The van der Waals surface area contributed by atoms with Crippen molar-refractivity contribution in [3.63, 3.8) is 0 Å². The summed E-state index contributed by atoms with van der Waals surface area (Å²) in [5.41, 5.74) is 10.9. The van der Waals surface area contributed by atoms with E-state index in [-0.39, 0.29) is 11.9 Å². The van der Waals surface area contributed by atoms with Crippen LogP contribution in [0.4, 0.5) is 5.69 Å². The molecule has 4 aromatic rings. The molecule has 0 saturated carbocycles. The molecule has 3 N–H and O–H groups in total. The van der Waals surface area contributed by atoms with Crippen LogP contribution in [-0.4, -0.2) is 31.8 Å². The van der Waals surface area contributed by atoms with Crippen LogP contribution in [0, 0.1) is 6.92 Å². The van der Waals surface area contributed by atoms with E-state index < -0.39 is 0 Å². The second kappa shape index (κ2) is 5.50. The Morgan fingerprint density at radius 1 is 1.31 bits per heavy atom. The fourth-order valence-electron chi connectivity index (χ4n) is 3.70. The standard InChI is InChI=1S/C18H16N6OS/c1-9-13-14(19)15(26-18(13)23-24-8-20-22-16(9)24)17(25)21-12-6-10-4-2-3-5-11(10)7-12/h2-5,8,12H,6-7,19H2,1H3,(H,21,25). The number of nitrogens with zero attached hydrogens (tertiary/aromatic N) is 4. The predicted octanol–water partition coefficient (Wildman–Crippen LogP) is 2.13. The van der Waals surface area contributed by atoms with Gasteiger partial charge in [-0.05, 0) is 30.9 Å². The maximum absolute atomic E-state index is 12.8. The van der Waals surface area contributed by atoms with Crippen LogP contribution in [0.25, 0.3) is 15.9 Å². The smallest absolute Gasteiger partial charge is 0.263 e. The quantitative estimate of drug-likeness (QED) is 0.568. The third-order valence-corrected chi connectivity index (χ3v) is 6.05. The van der Waals surface area contributed by atoms with E-state index >= 15 is 0 Å². The number of nitrogen functional groups attached to an aromatic ring is 1. The largest absolute Gasteiger partial charge is 0.397 e. The number of hydrogen-bond donors (Lipinski definition) is 2. The summed E-state index contributed by atoms with van der Waals surface area (Å²) in [6.07, 6.45) is 3.25. The monoisotopic (exact) mass is 364 g/mol. The third kappa shape index (κ3) is 2.19. The van der Waals surface area contributed by atoms with Crippen molar-refractivity contribution in [3.05, 3.63) is 52.2 Å². The molecule has 0 spiro atoms. The number of aryl methyl sites for hydroxylation is 1. The zero-order valence-electron chi connectivity index (χ0n) is 14.1. The van der Waals surface area contributed by atoms with E-state index in [9.17, 15) is 4.79 Å². The van der Waals surface area contributed by atoms with E-state index in [4.69, 9.17) is 5.73 Å². The van der Waals surface area contributed by atoms with Gasteiger partial charge in [0, 0.05) is 17.0 Å². The van der Waals surface area contributed by atoms with Gasteiger partial charge in [-0.15, -0.1) is 21.5 Å². The summed E-state index contributed by atoms with van der Waals surface area (Å²) in [6, 6.07) is 8.40. The average molecular weight is 364 g/mol. The highest BCUT2D eigenvalue weighted by Crippen LogP contribution is 2.35. The Hall–Kier alpha value is -3.00. The number of thiophene rings is 1. The Morgan fingerprint density at radius 3 is 2.77 bits per heavy atom. The molecule has 0 fully saturated rings. The lowest BCUT2D eigenvalue weighted by Gasteiger charge is -2.11. The van der Waals surface area contributed by atoms with Crippen molar-refractivity contribution < 1.29 is 4.79 Å². The van der Waals surface area contributed by atoms with E-state index in [1.165, 1.54) is 22.5 Å². The zero-order chi connectivity index (χ0) is 17.8. The van der Waals surface area contributed by atoms with Crippen LogP contribution in [0.1, 0.15) is 26.4 Å². The van der Waals surface area contributed by atoms with Gasteiger partial charge >= 0.3 is 0 Å². The van der Waals surface area contributed by atoms with Crippen LogP contribution < -0.4 is 11.1 Å². The minimum absolute atomic E-state index is 0.0973. The number of aromatic nitrogens is 4. The van der Waals surface area contributed by atoms with Crippen LogP contribution in [0.15, 0.2) is 30.6 Å². The molecule has 26 heavy (non-hydrogen) atoms. The number of carbonyl (C=O) groups excluding carboxylic acids is 1. The molecule has 130 valence electrons. The second-order valence-corrected chi connectivity index (χ2v) is 7.60. The van der Waals surface area contributed by atoms with Crippen LogP contribution >= 0.6 is 11.3 Å². The Balaban J connectivity index is 1.48. The molecule has 8 heteroatoms. The van der Waals surface area contributed by atoms with Gasteiger partial charge in [-0.3, -0.25) is 4.79 Å². The van der Waals surface area contributed by atoms with Crippen molar-refractivity contribution in [1.82, 2.24) is 25.1 Å². The molecule has 1 aliphatic rings. The Kier molecular flexibility index (Phi) is 3.23. The highest BCUT2D eigenvalue weighted by Gasteiger charge is 2.26. The number of amides is 1. The number of rotatable bonds is 2. The van der Waals surface area contributed by atoms with Crippen LogP contribution in [0.5, 0.6) is 0 Å². The third-order valence-electron chi connectivity index (χ3n) is 4.96. The average Bonchev–Trinajstić information content (AvgIpc) is 3.31. The summed E-state index contributed by atoms with van der Waals surface area (Å²) in [4.78, 5) is 14.1. The summed E-state index contributed by atoms with van der Waals surface area (Å²) in [5.74, 6) is -0.140. The number of carbonyl (C=O) groups is 1. The number of nitrogens with one attached hydrogen (secondary N) is 1. The van der Waals surface area contributed by atoms with Crippen LogP contribution in [0.3, 0.4) is 0 Å². The first-order chi connectivity index (χ1) is 12.6. The van der Waals surface area contributed by atoms with E-state index in [1.807, 2.05) is 19.1 Å². The summed E-state index contributed by atoms with van der Waals surface area (Å²) in [5, 5.41) is 16.3. The molecular weight excluding hydrogens is 348 g/mol. The summed E-state index contributed by atoms with van der Waals surface area (Å²) >= 11 is 1.31. The van der Waals surface area contributed by atoms with Gasteiger partial charge in [0.25, 0.3) is 5.91 Å². The number of anilines is 1. The van der Waals surface area contributed by atoms with Crippen molar-refractivity contribution in [2.24, 2.45) is 0 Å². The molecule has 0 atom stereocenters. The highest BCUT2D eigenvalue weighted by atomic mass is 32.1. The van der Waals surface area contributed by atoms with Gasteiger partial charge in [-0.2, -0.15) is 9.61 Å². The highest BCUT2D eigenvalue weighted by molar-refractivity contribution is 7.21. The molecule has 0 aliphatic heterocycles. The van der Waals surface area contributed by atoms with Crippen molar-refractivity contribution in [2.45, 2.75) is 25.8 Å². The number of nitrogens with two attached hydrogens (primary N) is 1. The molecule has 1 aromatic carbocycles. The SMILES string of the molecule is Cc1c2c(N)c(C(=O)NC3Cc4ccccc4C3)sc2nn2cnnc12. The fourth-order valence-corrected chi connectivity index (χ4v) is 4.76. The van der Waals surface area contributed by atoms with Gasteiger partial charge in [0.15, 0.2) is 5.65 Å². The number of hydrogen-bond acceptors (Lipinski definition) is 6. The van der Waals surface area contributed by atoms with Crippen molar-refractivity contribution in [3.8, 4) is 0 Å². The Labute approximate surface area is 152 Å². The van der Waals surface area contributed by atoms with E-state index in [2.05, 4.69) is 32.7 Å². The molecule has 5 rings (SSSR count). The lowest BCUT2D eigenvalue weighted by molar-refractivity contribution is 0.0943. The van der Waals surface area contributed by atoms with Crippen molar-refractivity contribution in [1.29, 1.82) is 0 Å². The van der Waals surface area contributed by atoms with Crippen LogP contribution in [-0.2, 0) is 12.8 Å². The Bertz CT molecular complexity index is 1150. The van der Waals surface area contributed by atoms with Crippen molar-refractivity contribution >= 4 is 38.8 Å². The first-order valence-electron chi connectivity index (χ1n) is 8.38. The first kappa shape index (κ1) is 15.3. The summed E-state index contributed by atoms with van der Waals surface area (Å²) < 4.78 is 1.61. The van der Waals surface area contributed by atoms with Gasteiger partial charge < -0.3 is 11.1 Å². The number of benzene rings is 1. The molecule has 0 radical (unpaired) electrons. The Morgan fingerprint density at radius 2 is 2.04 bits per heavy atom. The van der Waals surface area contributed by atoms with Crippen molar-refractivity contribution in [2.75, 3.05) is 5.73 Å². The molecule has 0 bridgehead atoms. The molecule has 3 heterocycles. The predicted molar refractivity (Wildman–Crippen MR) is 100 cm³/mol. The lowest BCUT2D eigenvalue weighted by atomic mass is 10.1. The van der Waals surface area contributed by atoms with Gasteiger partial charge in [0.2, 0.25) is 0 Å². The van der Waals surface area contributed by atoms with E-state index in [0.717, 1.165) is 23.8 Å². The lowest BCUT2D eigenvalue weighted by Crippen LogP contribution is -2.35. The fraction of sp³-hybridized carbons (Fsp3) is 0.222. The molecule has 3 aromatic heterocycles. The van der Waals surface area contributed by atoms with Gasteiger partial charge in [0.05, 0.1) is 5.69 Å². The minimum atomic E-state index is -0.140. The molecule has 0 unspecified atom stereocenters.